The van der Waals surface area contributed by atoms with Crippen LogP contribution in [0, 0.1) is 0 Å². The third kappa shape index (κ3) is 3.84. The first-order chi connectivity index (χ1) is 13.1. The number of aryl methyl sites for hydroxylation is 1. The molecular formula is C20H18Cl2N4O. The fourth-order valence-electron chi connectivity index (χ4n) is 3.25. The smallest absolute Gasteiger partial charge is 0.164 e. The predicted molar refractivity (Wildman–Crippen MR) is 108 cm³/mol. The standard InChI is InChI=1S/C20H18Cl2N4O/c21-15-9-14(19(27)17(22)11-15)12-23-16-6-4-5-13(10-16)20-25-24-18-7-2-1-3-8-26(18)20/h4-6,9-12,27H,1-3,7-8H2. The van der Waals surface area contributed by atoms with Gasteiger partial charge in [0.25, 0.3) is 0 Å². The number of benzene rings is 2. The minimum Gasteiger partial charge on any atom is -0.506 e. The largest absolute Gasteiger partial charge is 0.506 e. The van der Waals surface area contributed by atoms with Gasteiger partial charge in [0.1, 0.15) is 11.6 Å². The summed E-state index contributed by atoms with van der Waals surface area (Å²) in [5, 5.41) is 19.5. The van der Waals surface area contributed by atoms with Gasteiger partial charge in [0, 0.05) is 35.3 Å². The van der Waals surface area contributed by atoms with Gasteiger partial charge < -0.3 is 9.67 Å². The van der Waals surface area contributed by atoms with Crippen molar-refractivity contribution < 1.29 is 5.11 Å². The number of aromatic nitrogens is 3. The van der Waals surface area contributed by atoms with Gasteiger partial charge in [-0.05, 0) is 37.1 Å². The van der Waals surface area contributed by atoms with Crippen LogP contribution in [0.5, 0.6) is 5.75 Å². The number of rotatable bonds is 3. The van der Waals surface area contributed by atoms with Gasteiger partial charge >= 0.3 is 0 Å². The molecule has 1 aliphatic heterocycles. The highest BCUT2D eigenvalue weighted by Gasteiger charge is 2.16. The van der Waals surface area contributed by atoms with Gasteiger partial charge in [-0.3, -0.25) is 4.99 Å². The Morgan fingerprint density at radius 3 is 2.85 bits per heavy atom. The van der Waals surface area contributed by atoms with Gasteiger partial charge in [-0.2, -0.15) is 0 Å². The fraction of sp³-hybridized carbons (Fsp3) is 0.250. The fourth-order valence-corrected chi connectivity index (χ4v) is 3.76. The van der Waals surface area contributed by atoms with Crippen LogP contribution in [0.2, 0.25) is 10.0 Å². The van der Waals surface area contributed by atoms with Crippen LogP contribution in [0.4, 0.5) is 5.69 Å². The molecule has 0 fully saturated rings. The molecule has 0 radical (unpaired) electrons. The van der Waals surface area contributed by atoms with Crippen LogP contribution in [-0.4, -0.2) is 26.1 Å². The summed E-state index contributed by atoms with van der Waals surface area (Å²) >= 11 is 12.0. The van der Waals surface area contributed by atoms with E-state index in [0.717, 1.165) is 48.7 Å². The van der Waals surface area contributed by atoms with Crippen molar-refractivity contribution in [2.75, 3.05) is 0 Å². The molecular weight excluding hydrogens is 383 g/mol. The summed E-state index contributed by atoms with van der Waals surface area (Å²) in [6.45, 7) is 0.944. The number of nitrogens with zero attached hydrogens (tertiary/aromatic N) is 4. The monoisotopic (exact) mass is 400 g/mol. The van der Waals surface area contributed by atoms with Crippen molar-refractivity contribution >= 4 is 35.1 Å². The van der Waals surface area contributed by atoms with Crippen LogP contribution < -0.4 is 0 Å². The second-order valence-electron chi connectivity index (χ2n) is 6.54. The highest BCUT2D eigenvalue weighted by molar-refractivity contribution is 6.36. The summed E-state index contributed by atoms with van der Waals surface area (Å²) in [6.07, 6.45) is 6.05. The zero-order valence-corrected chi connectivity index (χ0v) is 16.1. The van der Waals surface area contributed by atoms with E-state index in [2.05, 4.69) is 19.8 Å². The van der Waals surface area contributed by atoms with E-state index in [4.69, 9.17) is 23.2 Å². The van der Waals surface area contributed by atoms with Gasteiger partial charge in [-0.25, -0.2) is 0 Å². The summed E-state index contributed by atoms with van der Waals surface area (Å²) in [5.74, 6) is 1.89. The molecule has 0 aliphatic carbocycles. The van der Waals surface area contributed by atoms with Gasteiger partial charge in [0.15, 0.2) is 5.82 Å². The van der Waals surface area contributed by atoms with E-state index in [1.54, 1.807) is 12.3 Å². The van der Waals surface area contributed by atoms with Crippen molar-refractivity contribution in [3.8, 4) is 17.1 Å². The van der Waals surface area contributed by atoms with Crippen LogP contribution in [-0.2, 0) is 13.0 Å². The Hall–Kier alpha value is -2.37. The van der Waals surface area contributed by atoms with E-state index in [1.165, 1.54) is 12.5 Å². The Morgan fingerprint density at radius 2 is 1.96 bits per heavy atom. The van der Waals surface area contributed by atoms with Crippen LogP contribution >= 0.6 is 23.2 Å². The Morgan fingerprint density at radius 1 is 1.07 bits per heavy atom. The molecule has 1 aliphatic rings. The molecule has 2 heterocycles. The second kappa shape index (κ2) is 7.71. The number of aliphatic imine (C=N–C) groups is 1. The minimum atomic E-state index is -0.0382. The van der Waals surface area contributed by atoms with Crippen molar-refractivity contribution in [3.63, 3.8) is 0 Å². The van der Waals surface area contributed by atoms with Crippen molar-refractivity contribution in [3.05, 3.63) is 57.8 Å². The number of hydrogen-bond acceptors (Lipinski definition) is 4. The molecule has 1 aromatic heterocycles. The Bertz CT molecular complexity index is 1010. The number of hydrogen-bond donors (Lipinski definition) is 1. The van der Waals surface area contributed by atoms with Crippen molar-refractivity contribution in [2.45, 2.75) is 32.2 Å². The SMILES string of the molecule is Oc1c(Cl)cc(Cl)cc1C=Nc1cccc(-c2nnc3n2CCCCC3)c1. The maximum Gasteiger partial charge on any atom is 0.164 e. The first-order valence-electron chi connectivity index (χ1n) is 8.86. The third-order valence-corrected chi connectivity index (χ3v) is 5.13. The molecule has 138 valence electrons. The minimum absolute atomic E-state index is 0.0382. The number of aromatic hydroxyl groups is 1. The molecule has 1 N–H and O–H groups in total. The molecule has 0 saturated carbocycles. The van der Waals surface area contributed by atoms with E-state index in [9.17, 15) is 5.11 Å². The molecule has 5 nitrogen and oxygen atoms in total. The van der Waals surface area contributed by atoms with E-state index >= 15 is 0 Å². The van der Waals surface area contributed by atoms with Crippen molar-refractivity contribution in [1.82, 2.24) is 14.8 Å². The lowest BCUT2D eigenvalue weighted by Gasteiger charge is -2.07. The molecule has 27 heavy (non-hydrogen) atoms. The lowest BCUT2D eigenvalue weighted by Crippen LogP contribution is -2.02. The van der Waals surface area contributed by atoms with Gasteiger partial charge in [-0.15, -0.1) is 10.2 Å². The van der Waals surface area contributed by atoms with Crippen molar-refractivity contribution in [1.29, 1.82) is 0 Å². The number of fused-ring (bicyclic) bond motifs is 1. The average Bonchev–Trinajstić information content (AvgIpc) is 2.92. The predicted octanol–water partition coefficient (Wildman–Crippen LogP) is 5.43. The first-order valence-corrected chi connectivity index (χ1v) is 9.62. The molecule has 2 aromatic carbocycles. The van der Waals surface area contributed by atoms with Crippen LogP contribution in [0.1, 0.15) is 30.7 Å². The zero-order valence-electron chi connectivity index (χ0n) is 14.6. The highest BCUT2D eigenvalue weighted by atomic mass is 35.5. The molecule has 0 unspecified atom stereocenters. The Balaban J connectivity index is 1.65. The lowest BCUT2D eigenvalue weighted by atomic mass is 10.2. The van der Waals surface area contributed by atoms with Gasteiger partial charge in [0.05, 0.1) is 10.7 Å². The average molecular weight is 401 g/mol. The molecule has 0 saturated heterocycles. The lowest BCUT2D eigenvalue weighted by molar-refractivity contribution is 0.475. The summed E-state index contributed by atoms with van der Waals surface area (Å²) < 4.78 is 2.21. The van der Waals surface area contributed by atoms with E-state index < -0.39 is 0 Å². The number of halogens is 2. The molecule has 0 amide bonds. The molecule has 7 heteroatoms. The second-order valence-corrected chi connectivity index (χ2v) is 7.38. The normalized spacial score (nSPS) is 14.3. The summed E-state index contributed by atoms with van der Waals surface area (Å²) in [6, 6.07) is 10.9. The number of phenols is 1. The quantitative estimate of drug-likeness (QED) is 0.595. The summed E-state index contributed by atoms with van der Waals surface area (Å²) in [7, 11) is 0. The zero-order chi connectivity index (χ0) is 18.8. The molecule has 0 atom stereocenters. The maximum atomic E-state index is 10.1. The molecule has 3 aromatic rings. The summed E-state index contributed by atoms with van der Waals surface area (Å²) in [4.78, 5) is 4.46. The van der Waals surface area contributed by atoms with Gasteiger partial charge in [0.2, 0.25) is 0 Å². The van der Waals surface area contributed by atoms with Crippen molar-refractivity contribution in [2.24, 2.45) is 4.99 Å². The van der Waals surface area contributed by atoms with Gasteiger partial charge in [-0.1, -0.05) is 41.8 Å². The van der Waals surface area contributed by atoms with E-state index in [-0.39, 0.29) is 10.8 Å². The van der Waals surface area contributed by atoms with Crippen LogP contribution in [0.15, 0.2) is 41.4 Å². The Labute approximate surface area is 167 Å². The highest BCUT2D eigenvalue weighted by Crippen LogP contribution is 2.31. The molecule has 4 rings (SSSR count). The van der Waals surface area contributed by atoms with E-state index in [1.807, 2.05) is 24.3 Å². The molecule has 0 spiro atoms. The Kier molecular flexibility index (Phi) is 5.14. The number of phenolic OH excluding ortho intramolecular Hbond substituents is 1. The molecule has 0 bridgehead atoms. The third-order valence-electron chi connectivity index (χ3n) is 4.62. The topological polar surface area (TPSA) is 63.3 Å². The van der Waals surface area contributed by atoms with Crippen LogP contribution in [0.25, 0.3) is 11.4 Å². The van der Waals surface area contributed by atoms with Crippen LogP contribution in [0.3, 0.4) is 0 Å². The maximum absolute atomic E-state index is 10.1. The summed E-state index contributed by atoms with van der Waals surface area (Å²) in [5.41, 5.74) is 2.18. The first kappa shape index (κ1) is 18.0. The van der Waals surface area contributed by atoms with E-state index in [0.29, 0.717) is 10.6 Å².